The van der Waals surface area contributed by atoms with Gasteiger partial charge in [-0.25, -0.2) is 9.50 Å². The van der Waals surface area contributed by atoms with Crippen LogP contribution in [0.1, 0.15) is 19.3 Å². The predicted octanol–water partition coefficient (Wildman–Crippen LogP) is 2.33. The number of halogens is 1. The molecular weight excluding hydrogens is 236 g/mol. The fraction of sp³-hybridized carbons (Fsp3) is 0.500. The Morgan fingerprint density at radius 2 is 2.29 bits per heavy atom. The van der Waals surface area contributed by atoms with E-state index in [9.17, 15) is 0 Å². The summed E-state index contributed by atoms with van der Waals surface area (Å²) in [5.41, 5.74) is 1.06. The molecule has 3 rings (SSSR count). The monoisotopic (exact) mass is 250 g/mol. The van der Waals surface area contributed by atoms with Gasteiger partial charge in [0.25, 0.3) is 0 Å². The van der Waals surface area contributed by atoms with Crippen molar-refractivity contribution in [3.63, 3.8) is 0 Å². The lowest BCUT2D eigenvalue weighted by atomic mass is 9.91. The zero-order valence-electron chi connectivity index (χ0n) is 9.59. The van der Waals surface area contributed by atoms with Crippen LogP contribution in [0.15, 0.2) is 24.7 Å². The molecule has 2 aromatic rings. The van der Waals surface area contributed by atoms with E-state index in [2.05, 4.69) is 15.0 Å². The molecule has 0 N–H and O–H groups in total. The number of hydrogen-bond acceptors (Lipinski definition) is 3. The van der Waals surface area contributed by atoms with Gasteiger partial charge in [0.1, 0.15) is 5.52 Å². The first-order valence-electron chi connectivity index (χ1n) is 6.01. The van der Waals surface area contributed by atoms with Crippen LogP contribution in [0.4, 0.5) is 5.82 Å². The molecule has 0 unspecified atom stereocenters. The molecule has 1 saturated carbocycles. The van der Waals surface area contributed by atoms with Gasteiger partial charge in [0.15, 0.2) is 5.82 Å². The minimum atomic E-state index is 0.599. The van der Waals surface area contributed by atoms with Gasteiger partial charge >= 0.3 is 0 Å². The average Bonchev–Trinajstić information content (AvgIpc) is 2.73. The fourth-order valence-corrected chi connectivity index (χ4v) is 2.50. The number of alkyl halides is 1. The molecular formula is C12H15ClN4. The number of aromatic nitrogens is 3. The van der Waals surface area contributed by atoms with Crippen LogP contribution >= 0.6 is 11.6 Å². The second-order valence-electron chi connectivity index (χ2n) is 4.38. The zero-order valence-corrected chi connectivity index (χ0v) is 10.3. The molecule has 0 radical (unpaired) electrons. The maximum atomic E-state index is 5.90. The van der Waals surface area contributed by atoms with Crippen LogP contribution in [0.25, 0.3) is 5.52 Å². The van der Waals surface area contributed by atoms with E-state index in [-0.39, 0.29) is 0 Å². The van der Waals surface area contributed by atoms with Crippen LogP contribution in [0.3, 0.4) is 0 Å². The molecule has 5 heteroatoms. The van der Waals surface area contributed by atoms with Gasteiger partial charge in [-0.15, -0.1) is 11.6 Å². The van der Waals surface area contributed by atoms with Crippen LogP contribution in [0.5, 0.6) is 0 Å². The second-order valence-corrected chi connectivity index (χ2v) is 4.76. The van der Waals surface area contributed by atoms with E-state index in [4.69, 9.17) is 11.6 Å². The Balaban J connectivity index is 2.01. The molecule has 1 aliphatic carbocycles. The second kappa shape index (κ2) is 4.53. The highest BCUT2D eigenvalue weighted by atomic mass is 35.5. The first-order valence-corrected chi connectivity index (χ1v) is 6.54. The minimum absolute atomic E-state index is 0.599. The predicted molar refractivity (Wildman–Crippen MR) is 68.7 cm³/mol. The summed E-state index contributed by atoms with van der Waals surface area (Å²) in [5.74, 6) is 1.64. The summed E-state index contributed by atoms with van der Waals surface area (Å²) in [7, 11) is 0. The Morgan fingerprint density at radius 1 is 1.41 bits per heavy atom. The number of anilines is 1. The Morgan fingerprint density at radius 3 is 3.00 bits per heavy atom. The van der Waals surface area contributed by atoms with Crippen molar-refractivity contribution in [1.29, 1.82) is 0 Å². The minimum Gasteiger partial charge on any atom is -0.351 e. The molecule has 0 spiro atoms. The molecule has 0 aromatic carbocycles. The lowest BCUT2D eigenvalue weighted by Crippen LogP contribution is -2.42. The molecule has 2 aromatic heterocycles. The van der Waals surface area contributed by atoms with Gasteiger partial charge in [0, 0.05) is 30.9 Å². The molecule has 0 amide bonds. The molecule has 4 nitrogen and oxygen atoms in total. The van der Waals surface area contributed by atoms with Crippen molar-refractivity contribution in [1.82, 2.24) is 14.6 Å². The maximum absolute atomic E-state index is 5.90. The molecule has 0 bridgehead atoms. The van der Waals surface area contributed by atoms with Crippen molar-refractivity contribution < 1.29 is 0 Å². The smallest absolute Gasteiger partial charge is 0.154 e. The number of hydrogen-bond donors (Lipinski definition) is 0. The van der Waals surface area contributed by atoms with Crippen molar-refractivity contribution >= 4 is 22.9 Å². The molecule has 0 atom stereocenters. The Hall–Kier alpha value is -1.29. The summed E-state index contributed by atoms with van der Waals surface area (Å²) in [6.45, 7) is 0.851. The Labute approximate surface area is 105 Å². The van der Waals surface area contributed by atoms with Crippen molar-refractivity contribution in [2.45, 2.75) is 25.3 Å². The van der Waals surface area contributed by atoms with Crippen LogP contribution < -0.4 is 4.90 Å². The van der Waals surface area contributed by atoms with E-state index in [1.807, 2.05) is 16.8 Å². The van der Waals surface area contributed by atoms with Gasteiger partial charge in [0.2, 0.25) is 0 Å². The summed E-state index contributed by atoms with van der Waals surface area (Å²) in [6, 6.07) is 2.60. The van der Waals surface area contributed by atoms with Crippen LogP contribution in [0.2, 0.25) is 0 Å². The zero-order chi connectivity index (χ0) is 11.7. The molecule has 1 aliphatic rings. The van der Waals surface area contributed by atoms with E-state index in [0.29, 0.717) is 11.9 Å². The molecule has 90 valence electrons. The number of nitrogens with zero attached hydrogens (tertiary/aromatic N) is 4. The van der Waals surface area contributed by atoms with Crippen LogP contribution in [-0.2, 0) is 0 Å². The maximum Gasteiger partial charge on any atom is 0.154 e. The van der Waals surface area contributed by atoms with E-state index < -0.39 is 0 Å². The van der Waals surface area contributed by atoms with E-state index in [1.165, 1.54) is 19.3 Å². The van der Waals surface area contributed by atoms with Crippen molar-refractivity contribution in [2.24, 2.45) is 0 Å². The van der Waals surface area contributed by atoms with Gasteiger partial charge in [-0.05, 0) is 25.3 Å². The van der Waals surface area contributed by atoms with Crippen molar-refractivity contribution in [2.75, 3.05) is 17.3 Å². The quantitative estimate of drug-likeness (QED) is 0.781. The summed E-state index contributed by atoms with van der Waals surface area (Å²) < 4.78 is 1.86. The van der Waals surface area contributed by atoms with Gasteiger partial charge in [-0.2, -0.15) is 5.10 Å². The van der Waals surface area contributed by atoms with E-state index in [0.717, 1.165) is 17.9 Å². The van der Waals surface area contributed by atoms with E-state index in [1.54, 1.807) is 12.4 Å². The molecule has 0 aliphatic heterocycles. The van der Waals surface area contributed by atoms with Crippen molar-refractivity contribution in [3.8, 4) is 0 Å². The number of fused-ring (bicyclic) bond motifs is 1. The van der Waals surface area contributed by atoms with Crippen LogP contribution in [0, 0.1) is 0 Å². The first-order chi connectivity index (χ1) is 8.40. The first kappa shape index (κ1) is 10.8. The lowest BCUT2D eigenvalue weighted by molar-refractivity contribution is 0.389. The lowest BCUT2D eigenvalue weighted by Gasteiger charge is -2.38. The van der Waals surface area contributed by atoms with Crippen LogP contribution in [-0.4, -0.2) is 33.1 Å². The highest BCUT2D eigenvalue weighted by Crippen LogP contribution is 2.30. The Kier molecular flexibility index (Phi) is 2.89. The summed E-state index contributed by atoms with van der Waals surface area (Å²) in [5, 5.41) is 4.24. The van der Waals surface area contributed by atoms with Crippen molar-refractivity contribution in [3.05, 3.63) is 24.7 Å². The number of rotatable bonds is 4. The molecule has 2 heterocycles. The third-order valence-electron chi connectivity index (χ3n) is 3.42. The fourth-order valence-electron chi connectivity index (χ4n) is 2.32. The molecule has 17 heavy (non-hydrogen) atoms. The molecule has 1 fully saturated rings. The normalized spacial score (nSPS) is 16.1. The highest BCUT2D eigenvalue weighted by molar-refractivity contribution is 6.18. The van der Waals surface area contributed by atoms with Gasteiger partial charge in [-0.1, -0.05) is 0 Å². The summed E-state index contributed by atoms with van der Waals surface area (Å²) >= 11 is 5.90. The van der Waals surface area contributed by atoms with E-state index >= 15 is 0 Å². The summed E-state index contributed by atoms with van der Waals surface area (Å²) in [4.78, 5) is 6.83. The standard InChI is InChI=1S/C12H15ClN4/c13-5-8-16(10-2-1-3-10)12-11-4-6-15-17(11)9-7-14-12/h4,6-7,9-10H,1-3,5,8H2. The Bertz CT molecular complexity index is 506. The van der Waals surface area contributed by atoms with Gasteiger partial charge < -0.3 is 4.90 Å². The largest absolute Gasteiger partial charge is 0.351 e. The topological polar surface area (TPSA) is 33.4 Å². The van der Waals surface area contributed by atoms with Gasteiger partial charge in [-0.3, -0.25) is 0 Å². The summed E-state index contributed by atoms with van der Waals surface area (Å²) in [6.07, 6.45) is 9.28. The SMILES string of the molecule is ClCCN(c1nccn2nccc12)C1CCC1. The third kappa shape index (κ3) is 1.86. The van der Waals surface area contributed by atoms with Gasteiger partial charge in [0.05, 0.1) is 6.20 Å². The molecule has 0 saturated heterocycles. The average molecular weight is 251 g/mol. The highest BCUT2D eigenvalue weighted by Gasteiger charge is 2.26. The third-order valence-corrected chi connectivity index (χ3v) is 3.59.